The van der Waals surface area contributed by atoms with Gasteiger partial charge in [-0.2, -0.15) is 9.78 Å². The molecule has 0 amide bonds. The summed E-state index contributed by atoms with van der Waals surface area (Å²) in [5.41, 5.74) is 4.73. The predicted molar refractivity (Wildman–Crippen MR) is 122 cm³/mol. The molecule has 4 rings (SSSR count). The molecule has 0 aliphatic carbocycles. The molecule has 0 spiro atoms. The number of aromatic nitrogens is 4. The first kappa shape index (κ1) is 21.0. The number of nitrogens with one attached hydrogen (secondary N) is 1. The number of anilines is 2. The van der Waals surface area contributed by atoms with Gasteiger partial charge in [0, 0.05) is 17.8 Å². The number of nitrogens with zero attached hydrogens (tertiary/aromatic N) is 4. The van der Waals surface area contributed by atoms with Crippen LogP contribution in [0, 0.1) is 20.8 Å². The Morgan fingerprint density at radius 3 is 2.62 bits per heavy atom. The van der Waals surface area contributed by atoms with Crippen LogP contribution in [0.2, 0.25) is 0 Å². The van der Waals surface area contributed by atoms with Crippen LogP contribution in [0.5, 0.6) is 5.75 Å². The van der Waals surface area contributed by atoms with Gasteiger partial charge in [-0.25, -0.2) is 9.78 Å². The van der Waals surface area contributed by atoms with Crippen LogP contribution in [0.3, 0.4) is 0 Å². The highest BCUT2D eigenvalue weighted by molar-refractivity contribution is 5.95. The van der Waals surface area contributed by atoms with E-state index in [0.29, 0.717) is 28.8 Å². The number of rotatable bonds is 6. The molecule has 0 aliphatic rings. The number of hydrogen-bond acceptors (Lipinski definition) is 6. The molecule has 2 heterocycles. The summed E-state index contributed by atoms with van der Waals surface area (Å²) in [4.78, 5) is 20.9. The van der Waals surface area contributed by atoms with E-state index in [2.05, 4.69) is 15.3 Å². The zero-order chi connectivity index (χ0) is 22.8. The van der Waals surface area contributed by atoms with Gasteiger partial charge in [0.05, 0.1) is 35.4 Å². The Kier molecular flexibility index (Phi) is 5.59. The number of ether oxygens (including phenoxy) is 1. The van der Waals surface area contributed by atoms with Crippen LogP contribution < -0.4 is 10.1 Å². The Morgan fingerprint density at radius 2 is 1.91 bits per heavy atom. The molecule has 2 aromatic carbocycles. The Labute approximate surface area is 185 Å². The van der Waals surface area contributed by atoms with Crippen molar-refractivity contribution in [1.29, 1.82) is 0 Å². The number of carboxylic acid groups (broad SMARTS) is 1. The third-order valence-electron chi connectivity index (χ3n) is 4.99. The molecule has 0 fully saturated rings. The molecule has 2 aromatic heterocycles. The lowest BCUT2D eigenvalue weighted by Crippen LogP contribution is -2.10. The van der Waals surface area contributed by atoms with Crippen molar-refractivity contribution in [3.8, 4) is 22.8 Å². The van der Waals surface area contributed by atoms with E-state index in [-0.39, 0.29) is 5.56 Å². The molecular formula is C24H23N5O3. The Balaban J connectivity index is 1.87. The minimum absolute atomic E-state index is 0.0845. The van der Waals surface area contributed by atoms with Crippen molar-refractivity contribution in [3.05, 3.63) is 77.2 Å². The Bertz CT molecular complexity index is 1310. The molecule has 2 N–H and O–H groups in total. The molecule has 0 saturated carbocycles. The lowest BCUT2D eigenvalue weighted by molar-refractivity contribution is 0.0697. The van der Waals surface area contributed by atoms with Crippen LogP contribution in [0.1, 0.15) is 27.3 Å². The van der Waals surface area contributed by atoms with Crippen molar-refractivity contribution in [2.45, 2.75) is 20.8 Å². The van der Waals surface area contributed by atoms with Gasteiger partial charge in [-0.15, -0.1) is 0 Å². The van der Waals surface area contributed by atoms with Gasteiger partial charge in [-0.3, -0.25) is 4.98 Å². The van der Waals surface area contributed by atoms with Crippen LogP contribution >= 0.6 is 0 Å². The summed E-state index contributed by atoms with van der Waals surface area (Å²) in [6.07, 6.45) is 1.70. The highest BCUT2D eigenvalue weighted by Gasteiger charge is 2.18. The fourth-order valence-electron chi connectivity index (χ4n) is 3.38. The molecule has 162 valence electrons. The maximum Gasteiger partial charge on any atom is 0.337 e. The first-order valence-electron chi connectivity index (χ1n) is 10.0. The second-order valence-electron chi connectivity index (χ2n) is 7.46. The molecule has 0 unspecified atom stereocenters. The summed E-state index contributed by atoms with van der Waals surface area (Å²) in [6.45, 7) is 5.74. The molecular weight excluding hydrogens is 406 g/mol. The molecule has 32 heavy (non-hydrogen) atoms. The number of hydrogen-bond donors (Lipinski definition) is 2. The SMILES string of the molecule is COc1ccc(Nc2cc(-c3cccc(C)c3)nn2-c2nc(C)cnc2C)c(C(=O)O)c1. The zero-order valence-corrected chi connectivity index (χ0v) is 18.2. The third kappa shape index (κ3) is 4.15. The lowest BCUT2D eigenvalue weighted by atomic mass is 10.1. The number of benzene rings is 2. The van der Waals surface area contributed by atoms with Gasteiger partial charge in [0.2, 0.25) is 0 Å². The molecule has 0 atom stereocenters. The number of aryl methyl sites for hydroxylation is 3. The Morgan fingerprint density at radius 1 is 1.09 bits per heavy atom. The van der Waals surface area contributed by atoms with E-state index in [0.717, 1.165) is 22.5 Å². The Hall–Kier alpha value is -4.20. The summed E-state index contributed by atoms with van der Waals surface area (Å²) in [6, 6.07) is 14.7. The lowest BCUT2D eigenvalue weighted by Gasteiger charge is -2.13. The monoisotopic (exact) mass is 429 g/mol. The van der Waals surface area contributed by atoms with E-state index >= 15 is 0 Å². The predicted octanol–water partition coefficient (Wildman–Crippen LogP) is 4.70. The third-order valence-corrected chi connectivity index (χ3v) is 4.99. The fourth-order valence-corrected chi connectivity index (χ4v) is 3.38. The quantitative estimate of drug-likeness (QED) is 0.458. The van der Waals surface area contributed by atoms with Crippen LogP contribution in [-0.4, -0.2) is 37.9 Å². The molecule has 0 aliphatic heterocycles. The van der Waals surface area contributed by atoms with E-state index in [1.54, 1.807) is 23.0 Å². The second kappa shape index (κ2) is 8.50. The molecule has 8 nitrogen and oxygen atoms in total. The number of carboxylic acids is 1. The average Bonchev–Trinajstić information content (AvgIpc) is 3.19. The molecule has 8 heteroatoms. The van der Waals surface area contributed by atoms with Crippen molar-refractivity contribution < 1.29 is 14.6 Å². The van der Waals surface area contributed by atoms with Crippen molar-refractivity contribution in [2.75, 3.05) is 12.4 Å². The van der Waals surface area contributed by atoms with Crippen LogP contribution in [-0.2, 0) is 0 Å². The minimum Gasteiger partial charge on any atom is -0.497 e. The van der Waals surface area contributed by atoms with Gasteiger partial charge in [0.1, 0.15) is 11.6 Å². The molecule has 0 saturated heterocycles. The van der Waals surface area contributed by atoms with Gasteiger partial charge in [-0.1, -0.05) is 23.8 Å². The smallest absolute Gasteiger partial charge is 0.337 e. The average molecular weight is 429 g/mol. The van der Waals surface area contributed by atoms with Crippen molar-refractivity contribution in [2.24, 2.45) is 0 Å². The largest absolute Gasteiger partial charge is 0.497 e. The number of carbonyl (C=O) groups is 1. The molecule has 0 radical (unpaired) electrons. The van der Waals surface area contributed by atoms with E-state index in [1.165, 1.54) is 13.2 Å². The second-order valence-corrected chi connectivity index (χ2v) is 7.46. The maximum absolute atomic E-state index is 11.9. The van der Waals surface area contributed by atoms with E-state index in [9.17, 15) is 9.90 Å². The number of methoxy groups -OCH3 is 1. The highest BCUT2D eigenvalue weighted by atomic mass is 16.5. The standard InChI is InChI=1S/C24H23N5O3/c1-14-6-5-7-17(10-14)21-12-22(29(28-21)23-16(3)25-13-15(2)26-23)27-20-9-8-18(32-4)11-19(20)24(30)31/h5-13,27H,1-4H3,(H,30,31). The molecule has 0 bridgehead atoms. The first-order chi connectivity index (χ1) is 15.4. The van der Waals surface area contributed by atoms with Crippen molar-refractivity contribution >= 4 is 17.5 Å². The van der Waals surface area contributed by atoms with Gasteiger partial charge in [-0.05, 0) is 45.0 Å². The fraction of sp³-hybridized carbons (Fsp3) is 0.167. The summed E-state index contributed by atoms with van der Waals surface area (Å²) in [7, 11) is 1.50. The van der Waals surface area contributed by atoms with Crippen molar-refractivity contribution in [3.63, 3.8) is 0 Å². The van der Waals surface area contributed by atoms with Gasteiger partial charge in [0.25, 0.3) is 0 Å². The van der Waals surface area contributed by atoms with Crippen molar-refractivity contribution in [1.82, 2.24) is 19.7 Å². The van der Waals surface area contributed by atoms with Crippen LogP contribution in [0.4, 0.5) is 11.5 Å². The minimum atomic E-state index is -1.07. The maximum atomic E-state index is 11.9. The van der Waals surface area contributed by atoms with Crippen LogP contribution in [0.25, 0.3) is 17.1 Å². The van der Waals surface area contributed by atoms with E-state index < -0.39 is 5.97 Å². The zero-order valence-electron chi connectivity index (χ0n) is 18.2. The van der Waals surface area contributed by atoms with Gasteiger partial charge < -0.3 is 15.2 Å². The molecule has 4 aromatic rings. The summed E-state index contributed by atoms with van der Waals surface area (Å²) in [5, 5.41) is 17.7. The summed E-state index contributed by atoms with van der Waals surface area (Å²) in [5.74, 6) is 0.527. The van der Waals surface area contributed by atoms with Gasteiger partial charge >= 0.3 is 5.97 Å². The normalized spacial score (nSPS) is 10.8. The van der Waals surface area contributed by atoms with E-state index in [4.69, 9.17) is 9.84 Å². The summed E-state index contributed by atoms with van der Waals surface area (Å²) < 4.78 is 6.83. The van der Waals surface area contributed by atoms with E-state index in [1.807, 2.05) is 51.1 Å². The first-order valence-corrected chi connectivity index (χ1v) is 10.0. The van der Waals surface area contributed by atoms with Gasteiger partial charge in [0.15, 0.2) is 5.82 Å². The summed E-state index contributed by atoms with van der Waals surface area (Å²) >= 11 is 0. The topological polar surface area (TPSA) is 102 Å². The highest BCUT2D eigenvalue weighted by Crippen LogP contribution is 2.30. The number of aromatic carboxylic acids is 1. The van der Waals surface area contributed by atoms with Crippen LogP contribution in [0.15, 0.2) is 54.7 Å².